The largest absolute Gasteiger partial charge is 0.497 e. The number of amides is 3. The molecule has 1 unspecified atom stereocenters. The SMILES string of the molecule is COc1ccc(/C=C(\NC(=O)c2ccccc2)C(=O)Nc2ccc(SC(C)C(=O)Nc3ccccc3C)cc2)cc1. The van der Waals surface area contributed by atoms with Crippen molar-refractivity contribution in [1.82, 2.24) is 5.32 Å². The van der Waals surface area contributed by atoms with E-state index in [4.69, 9.17) is 4.74 Å². The highest BCUT2D eigenvalue weighted by Crippen LogP contribution is 2.26. The lowest BCUT2D eigenvalue weighted by Gasteiger charge is -2.14. The summed E-state index contributed by atoms with van der Waals surface area (Å²) in [6.45, 7) is 3.80. The molecule has 8 heteroatoms. The number of benzene rings is 4. The number of thioether (sulfide) groups is 1. The van der Waals surface area contributed by atoms with Crippen LogP contribution in [0, 0.1) is 6.92 Å². The monoisotopic (exact) mass is 565 g/mol. The van der Waals surface area contributed by atoms with Crippen molar-refractivity contribution in [2.24, 2.45) is 0 Å². The van der Waals surface area contributed by atoms with Gasteiger partial charge in [0.1, 0.15) is 11.4 Å². The highest BCUT2D eigenvalue weighted by molar-refractivity contribution is 8.00. The van der Waals surface area contributed by atoms with Crippen molar-refractivity contribution in [2.75, 3.05) is 17.7 Å². The number of carbonyl (C=O) groups excluding carboxylic acids is 3. The molecule has 0 saturated heterocycles. The molecule has 0 spiro atoms. The van der Waals surface area contributed by atoms with Crippen LogP contribution in [0.3, 0.4) is 0 Å². The van der Waals surface area contributed by atoms with Crippen molar-refractivity contribution in [2.45, 2.75) is 24.0 Å². The lowest BCUT2D eigenvalue weighted by atomic mass is 10.1. The smallest absolute Gasteiger partial charge is 0.272 e. The van der Waals surface area contributed by atoms with Crippen molar-refractivity contribution in [3.63, 3.8) is 0 Å². The molecule has 208 valence electrons. The number of methoxy groups -OCH3 is 1. The third kappa shape index (κ3) is 8.33. The number of hydrogen-bond acceptors (Lipinski definition) is 5. The summed E-state index contributed by atoms with van der Waals surface area (Å²) in [5.41, 5.74) is 3.58. The van der Waals surface area contributed by atoms with Gasteiger partial charge >= 0.3 is 0 Å². The van der Waals surface area contributed by atoms with Crippen molar-refractivity contribution < 1.29 is 19.1 Å². The first-order valence-corrected chi connectivity index (χ1v) is 13.9. The zero-order valence-corrected chi connectivity index (χ0v) is 23.8. The predicted molar refractivity (Wildman–Crippen MR) is 165 cm³/mol. The third-order valence-corrected chi connectivity index (χ3v) is 7.26. The summed E-state index contributed by atoms with van der Waals surface area (Å²) in [4.78, 5) is 39.7. The molecule has 7 nitrogen and oxygen atoms in total. The standard InChI is InChI=1S/C33H31N3O4S/c1-22-9-7-8-12-29(22)35-31(37)23(2)41-28-19-15-26(16-20-28)34-33(39)30(21-24-13-17-27(40-3)18-14-24)36-32(38)25-10-5-4-6-11-25/h4-21,23H,1-3H3,(H,34,39)(H,35,37)(H,36,38)/b30-21-. The van der Waals surface area contributed by atoms with Crippen LogP contribution >= 0.6 is 11.8 Å². The van der Waals surface area contributed by atoms with Crippen LogP contribution in [-0.4, -0.2) is 30.1 Å². The van der Waals surface area contributed by atoms with E-state index in [1.807, 2.05) is 56.3 Å². The van der Waals surface area contributed by atoms with E-state index in [0.29, 0.717) is 22.6 Å². The Hall–Kier alpha value is -4.82. The van der Waals surface area contributed by atoms with E-state index in [0.717, 1.165) is 16.1 Å². The van der Waals surface area contributed by atoms with Crippen molar-refractivity contribution in [3.8, 4) is 5.75 Å². The van der Waals surface area contributed by atoms with Crippen LogP contribution in [0.1, 0.15) is 28.4 Å². The summed E-state index contributed by atoms with van der Waals surface area (Å²) >= 11 is 1.42. The topological polar surface area (TPSA) is 96.5 Å². The van der Waals surface area contributed by atoms with Gasteiger partial charge in [-0.25, -0.2) is 0 Å². The van der Waals surface area contributed by atoms with Crippen LogP contribution in [0.25, 0.3) is 6.08 Å². The predicted octanol–water partition coefficient (Wildman–Crippen LogP) is 6.53. The van der Waals surface area contributed by atoms with Crippen LogP contribution in [0.15, 0.2) is 114 Å². The van der Waals surface area contributed by atoms with E-state index in [9.17, 15) is 14.4 Å². The summed E-state index contributed by atoms with van der Waals surface area (Å²) in [5.74, 6) is -0.285. The zero-order valence-electron chi connectivity index (χ0n) is 23.0. The van der Waals surface area contributed by atoms with Gasteiger partial charge in [-0.3, -0.25) is 14.4 Å². The molecule has 3 N–H and O–H groups in total. The van der Waals surface area contributed by atoms with Crippen LogP contribution < -0.4 is 20.7 Å². The molecule has 0 fully saturated rings. The van der Waals surface area contributed by atoms with E-state index >= 15 is 0 Å². The molecule has 0 aromatic heterocycles. The number of anilines is 2. The molecular weight excluding hydrogens is 534 g/mol. The first-order valence-electron chi connectivity index (χ1n) is 13.0. The van der Waals surface area contributed by atoms with Crippen molar-refractivity contribution in [3.05, 3.63) is 126 Å². The number of aryl methyl sites for hydroxylation is 1. The molecule has 0 aliphatic rings. The summed E-state index contributed by atoms with van der Waals surface area (Å²) in [5, 5.41) is 8.22. The van der Waals surface area contributed by atoms with Gasteiger partial charge in [0, 0.05) is 21.8 Å². The molecular formula is C33H31N3O4S. The van der Waals surface area contributed by atoms with Gasteiger partial charge in [0.25, 0.3) is 11.8 Å². The molecule has 0 heterocycles. The number of para-hydroxylation sites is 1. The Morgan fingerprint density at radius 3 is 2.12 bits per heavy atom. The molecule has 4 aromatic rings. The van der Waals surface area contributed by atoms with Gasteiger partial charge in [0.05, 0.1) is 12.4 Å². The fourth-order valence-electron chi connectivity index (χ4n) is 3.83. The molecule has 3 amide bonds. The van der Waals surface area contributed by atoms with E-state index in [1.165, 1.54) is 11.8 Å². The van der Waals surface area contributed by atoms with Gasteiger partial charge in [-0.2, -0.15) is 0 Å². The summed E-state index contributed by atoms with van der Waals surface area (Å²) in [6.07, 6.45) is 1.61. The molecule has 0 radical (unpaired) electrons. The lowest BCUT2D eigenvalue weighted by molar-refractivity contribution is -0.115. The summed E-state index contributed by atoms with van der Waals surface area (Å²) in [6, 6.07) is 30.7. The molecule has 0 aliphatic heterocycles. The minimum Gasteiger partial charge on any atom is -0.497 e. The minimum absolute atomic E-state index is 0.0870. The van der Waals surface area contributed by atoms with Gasteiger partial charge in [-0.1, -0.05) is 48.5 Å². The number of carbonyl (C=O) groups is 3. The average molecular weight is 566 g/mol. The van der Waals surface area contributed by atoms with Crippen molar-refractivity contribution in [1.29, 1.82) is 0 Å². The maximum atomic E-state index is 13.3. The first-order chi connectivity index (χ1) is 19.8. The van der Waals surface area contributed by atoms with Gasteiger partial charge in [-0.05, 0) is 85.6 Å². The van der Waals surface area contributed by atoms with Gasteiger partial charge < -0.3 is 20.7 Å². The maximum Gasteiger partial charge on any atom is 0.272 e. The Bertz CT molecular complexity index is 1540. The summed E-state index contributed by atoms with van der Waals surface area (Å²) < 4.78 is 5.21. The normalized spacial score (nSPS) is 11.7. The Morgan fingerprint density at radius 2 is 1.46 bits per heavy atom. The molecule has 1 atom stereocenters. The molecule has 4 aromatic carbocycles. The van der Waals surface area contributed by atoms with E-state index in [2.05, 4.69) is 16.0 Å². The Balaban J connectivity index is 1.44. The highest BCUT2D eigenvalue weighted by Gasteiger charge is 2.17. The van der Waals surface area contributed by atoms with Gasteiger partial charge in [-0.15, -0.1) is 11.8 Å². The van der Waals surface area contributed by atoms with Gasteiger partial charge in [0.15, 0.2) is 0 Å². The second kappa shape index (κ2) is 14.0. The highest BCUT2D eigenvalue weighted by atomic mass is 32.2. The third-order valence-electron chi connectivity index (χ3n) is 6.15. The second-order valence-corrected chi connectivity index (χ2v) is 10.6. The number of ether oxygens (including phenoxy) is 1. The van der Waals surface area contributed by atoms with Crippen LogP contribution in [0.4, 0.5) is 11.4 Å². The summed E-state index contributed by atoms with van der Waals surface area (Å²) in [7, 11) is 1.58. The Kier molecular flexibility index (Phi) is 9.96. The van der Waals surface area contributed by atoms with Crippen LogP contribution in [0.2, 0.25) is 0 Å². The molecule has 0 saturated carbocycles. The van der Waals surface area contributed by atoms with Gasteiger partial charge in [0.2, 0.25) is 5.91 Å². The quantitative estimate of drug-likeness (QED) is 0.150. The van der Waals surface area contributed by atoms with E-state index in [1.54, 1.807) is 73.8 Å². The molecule has 41 heavy (non-hydrogen) atoms. The molecule has 0 bridgehead atoms. The fraction of sp³-hybridized carbons (Fsp3) is 0.121. The number of nitrogens with one attached hydrogen (secondary N) is 3. The van der Waals surface area contributed by atoms with Crippen molar-refractivity contribution >= 4 is 46.9 Å². The fourth-order valence-corrected chi connectivity index (χ4v) is 4.70. The molecule has 4 rings (SSSR count). The zero-order chi connectivity index (χ0) is 29.2. The maximum absolute atomic E-state index is 13.3. The number of rotatable bonds is 10. The first kappa shape index (κ1) is 29.2. The minimum atomic E-state index is -0.475. The molecule has 0 aliphatic carbocycles. The lowest BCUT2D eigenvalue weighted by Crippen LogP contribution is -2.30. The van der Waals surface area contributed by atoms with Crippen LogP contribution in [0.5, 0.6) is 5.75 Å². The van der Waals surface area contributed by atoms with Crippen LogP contribution in [-0.2, 0) is 9.59 Å². The average Bonchev–Trinajstić information content (AvgIpc) is 2.99. The Labute approximate surface area is 244 Å². The Morgan fingerprint density at radius 1 is 0.805 bits per heavy atom. The van der Waals surface area contributed by atoms with E-state index < -0.39 is 11.8 Å². The number of hydrogen-bond donors (Lipinski definition) is 3. The van der Waals surface area contributed by atoms with E-state index in [-0.39, 0.29) is 16.9 Å². The second-order valence-electron chi connectivity index (χ2n) is 9.19.